The molecule has 0 saturated heterocycles. The first-order valence-corrected chi connectivity index (χ1v) is 2.68. The van der Waals surface area contributed by atoms with Crippen LogP contribution in [0.3, 0.4) is 0 Å². The van der Waals surface area contributed by atoms with Crippen molar-refractivity contribution in [3.05, 3.63) is 0 Å². The van der Waals surface area contributed by atoms with Crippen molar-refractivity contribution < 1.29 is 9.90 Å². The third-order valence-corrected chi connectivity index (χ3v) is 0.703. The molecule has 0 amide bonds. The van der Waals surface area contributed by atoms with Crippen molar-refractivity contribution in [2.45, 2.75) is 0 Å². The minimum absolute atomic E-state index is 0.491. The minimum atomic E-state index is -0.965. The van der Waals surface area contributed by atoms with Crippen LogP contribution in [0, 0.1) is 0 Å². The van der Waals surface area contributed by atoms with Gasteiger partial charge in [0.2, 0.25) is 0 Å². The zero-order chi connectivity index (χ0) is 4.28. The van der Waals surface area contributed by atoms with E-state index < -0.39 is 5.30 Å². The highest BCUT2D eigenvalue weighted by molar-refractivity contribution is 8.74. The van der Waals surface area contributed by atoms with Gasteiger partial charge in [-0.3, -0.25) is 0 Å². The van der Waals surface area contributed by atoms with Gasteiger partial charge in [-0.2, -0.15) is 0 Å². The number of carbonyl (C=O) groups is 1. The van der Waals surface area contributed by atoms with Crippen LogP contribution in [-0.4, -0.2) is 10.4 Å². The SMILES string of the molecule is O=C(O)SS. The van der Waals surface area contributed by atoms with Crippen LogP contribution in [0.15, 0.2) is 0 Å². The smallest absolute Gasteiger partial charge is 0.375 e. The standard InChI is InChI=1S/CH2O2S2/c2-1(3)5-4/h4H,(H,2,3). The van der Waals surface area contributed by atoms with Crippen LogP contribution >= 0.6 is 22.5 Å². The molecule has 0 atom stereocenters. The van der Waals surface area contributed by atoms with Crippen molar-refractivity contribution in [1.82, 2.24) is 0 Å². The largest absolute Gasteiger partial charge is 0.473 e. The summed E-state index contributed by atoms with van der Waals surface area (Å²) in [6.45, 7) is 0. The summed E-state index contributed by atoms with van der Waals surface area (Å²) < 4.78 is 0. The van der Waals surface area contributed by atoms with E-state index in [1.54, 1.807) is 0 Å². The average Bonchev–Trinajstić information content (AvgIpc) is 1.38. The predicted molar refractivity (Wildman–Crippen MR) is 24.6 cm³/mol. The summed E-state index contributed by atoms with van der Waals surface area (Å²) in [6, 6.07) is 0. The topological polar surface area (TPSA) is 37.3 Å². The summed E-state index contributed by atoms with van der Waals surface area (Å²) in [6.07, 6.45) is 0. The van der Waals surface area contributed by atoms with Gasteiger partial charge < -0.3 is 5.11 Å². The van der Waals surface area contributed by atoms with Gasteiger partial charge in [-0.1, -0.05) is 11.7 Å². The van der Waals surface area contributed by atoms with Crippen molar-refractivity contribution in [2.24, 2.45) is 0 Å². The first-order chi connectivity index (χ1) is 2.27. The molecule has 0 heterocycles. The molecule has 4 heteroatoms. The number of rotatable bonds is 0. The second-order valence-electron chi connectivity index (χ2n) is 0.357. The van der Waals surface area contributed by atoms with Crippen LogP contribution in [-0.2, 0) is 0 Å². The molecule has 5 heavy (non-hydrogen) atoms. The molecule has 0 aromatic rings. The van der Waals surface area contributed by atoms with E-state index in [0.717, 1.165) is 0 Å². The van der Waals surface area contributed by atoms with E-state index in [2.05, 4.69) is 11.7 Å². The van der Waals surface area contributed by atoms with Crippen LogP contribution in [0.25, 0.3) is 0 Å². The Balaban J connectivity index is 2.85. The van der Waals surface area contributed by atoms with E-state index in [-0.39, 0.29) is 0 Å². The Morgan fingerprint density at radius 2 is 2.20 bits per heavy atom. The number of hydrogen-bond donors (Lipinski definition) is 2. The van der Waals surface area contributed by atoms with Crippen LogP contribution in [0.2, 0.25) is 0 Å². The molecule has 0 aliphatic heterocycles. The fourth-order valence-corrected chi connectivity index (χ4v) is 0. The molecule has 0 saturated carbocycles. The molecule has 0 aliphatic rings. The summed E-state index contributed by atoms with van der Waals surface area (Å²) in [5, 5.41) is 6.64. The van der Waals surface area contributed by atoms with Gasteiger partial charge in [-0.05, 0) is 0 Å². The van der Waals surface area contributed by atoms with Gasteiger partial charge in [0.05, 0.1) is 0 Å². The predicted octanol–water partition coefficient (Wildman–Crippen LogP) is 1.24. The maximum absolute atomic E-state index is 9.25. The summed E-state index contributed by atoms with van der Waals surface area (Å²) >= 11 is 3.33. The summed E-state index contributed by atoms with van der Waals surface area (Å²) in [7, 11) is 0.491. The Hall–Kier alpha value is 0.170. The molecule has 0 aromatic carbocycles. The lowest BCUT2D eigenvalue weighted by Gasteiger charge is -1.70. The van der Waals surface area contributed by atoms with Crippen molar-refractivity contribution in [2.75, 3.05) is 0 Å². The molecule has 0 bridgehead atoms. The minimum Gasteiger partial charge on any atom is -0.473 e. The summed E-state index contributed by atoms with van der Waals surface area (Å²) in [5.41, 5.74) is 0. The maximum atomic E-state index is 9.25. The highest BCUT2D eigenvalue weighted by atomic mass is 33.1. The van der Waals surface area contributed by atoms with Gasteiger partial charge in [0.15, 0.2) is 0 Å². The maximum Gasteiger partial charge on any atom is 0.375 e. The quantitative estimate of drug-likeness (QED) is 0.364. The van der Waals surface area contributed by atoms with Gasteiger partial charge in [0.25, 0.3) is 0 Å². The first kappa shape index (κ1) is 5.17. The van der Waals surface area contributed by atoms with Crippen LogP contribution in [0.1, 0.15) is 0 Å². The molecular weight excluding hydrogens is 108 g/mol. The molecular formula is CH2O2S2. The van der Waals surface area contributed by atoms with E-state index in [1.165, 1.54) is 0 Å². The van der Waals surface area contributed by atoms with Gasteiger partial charge >= 0.3 is 5.30 Å². The highest BCUT2D eigenvalue weighted by Gasteiger charge is 1.83. The second kappa shape index (κ2) is 2.41. The van der Waals surface area contributed by atoms with Gasteiger partial charge in [-0.25, -0.2) is 4.79 Å². The molecule has 0 unspecified atom stereocenters. The monoisotopic (exact) mass is 110 g/mol. The Kier molecular flexibility index (Phi) is 2.49. The molecule has 0 radical (unpaired) electrons. The number of thiol groups is 1. The van der Waals surface area contributed by atoms with E-state index in [0.29, 0.717) is 10.8 Å². The molecule has 0 aromatic heterocycles. The fraction of sp³-hybridized carbons (Fsp3) is 0. The fourth-order valence-electron chi connectivity index (χ4n) is 0. The van der Waals surface area contributed by atoms with Crippen molar-refractivity contribution >= 4 is 27.8 Å². The Bertz CT molecular complexity index is 42.9. The Morgan fingerprint density at radius 3 is 2.20 bits per heavy atom. The first-order valence-electron chi connectivity index (χ1n) is 0.814. The van der Waals surface area contributed by atoms with Crippen molar-refractivity contribution in [3.8, 4) is 0 Å². The molecule has 30 valence electrons. The molecule has 0 spiro atoms. The van der Waals surface area contributed by atoms with Gasteiger partial charge in [0.1, 0.15) is 0 Å². The molecule has 0 fully saturated rings. The Labute approximate surface area is 38.4 Å². The average molecular weight is 110 g/mol. The van der Waals surface area contributed by atoms with Crippen molar-refractivity contribution in [1.29, 1.82) is 0 Å². The zero-order valence-electron chi connectivity index (χ0n) is 2.21. The summed E-state index contributed by atoms with van der Waals surface area (Å²) in [5.74, 6) is 0. The van der Waals surface area contributed by atoms with E-state index in [1.807, 2.05) is 0 Å². The lowest BCUT2D eigenvalue weighted by Crippen LogP contribution is -1.72. The van der Waals surface area contributed by atoms with Crippen molar-refractivity contribution in [3.63, 3.8) is 0 Å². The number of carboxylic acid groups (broad SMARTS) is 1. The van der Waals surface area contributed by atoms with E-state index >= 15 is 0 Å². The lowest BCUT2D eigenvalue weighted by molar-refractivity contribution is 0.222. The lowest BCUT2D eigenvalue weighted by atomic mass is 11.6. The third-order valence-electron chi connectivity index (χ3n) is 0.0781. The zero-order valence-corrected chi connectivity index (χ0v) is 3.92. The highest BCUT2D eigenvalue weighted by Crippen LogP contribution is 2.02. The van der Waals surface area contributed by atoms with Crippen LogP contribution in [0.5, 0.6) is 0 Å². The molecule has 0 rings (SSSR count). The van der Waals surface area contributed by atoms with E-state index in [4.69, 9.17) is 5.11 Å². The van der Waals surface area contributed by atoms with Crippen LogP contribution < -0.4 is 0 Å². The third kappa shape index (κ3) is 4.17. The molecule has 0 aliphatic carbocycles. The van der Waals surface area contributed by atoms with Crippen LogP contribution in [0.4, 0.5) is 4.79 Å². The summed E-state index contributed by atoms with van der Waals surface area (Å²) in [4.78, 5) is 9.25. The van der Waals surface area contributed by atoms with E-state index in [9.17, 15) is 4.79 Å². The number of hydrogen-bond acceptors (Lipinski definition) is 3. The second-order valence-corrected chi connectivity index (χ2v) is 1.44. The molecule has 1 N–H and O–H groups in total. The van der Waals surface area contributed by atoms with Gasteiger partial charge in [0, 0.05) is 10.8 Å². The molecule has 2 nitrogen and oxygen atoms in total. The normalized spacial score (nSPS) is 7.40. The Morgan fingerprint density at radius 1 is 2.00 bits per heavy atom. The van der Waals surface area contributed by atoms with Gasteiger partial charge in [-0.15, -0.1) is 0 Å².